The zero-order chi connectivity index (χ0) is 22.8. The molecule has 3 aliphatic carbocycles. The van der Waals surface area contributed by atoms with Gasteiger partial charge in [0.15, 0.2) is 0 Å². The third kappa shape index (κ3) is 5.80. The van der Waals surface area contributed by atoms with Gasteiger partial charge in [-0.2, -0.15) is 0 Å². The Morgan fingerprint density at radius 1 is 1.29 bits per heavy atom. The van der Waals surface area contributed by atoms with Gasteiger partial charge in [-0.3, -0.25) is 0 Å². The summed E-state index contributed by atoms with van der Waals surface area (Å²) in [4.78, 5) is 0. The number of allylic oxidation sites excluding steroid dienone is 5. The highest BCUT2D eigenvalue weighted by Gasteiger charge is 2.45. The van der Waals surface area contributed by atoms with Crippen LogP contribution in [0.3, 0.4) is 0 Å². The van der Waals surface area contributed by atoms with Gasteiger partial charge >= 0.3 is 0 Å². The standard InChI is InChI=1S/C28H44O3/c1-19(13-15-31-18-27(3,4)5)24-11-12-25-21(8-7-14-28(24,25)6)9-10-22-16-23(29)17-26(30)20(22)2/h9-11,19,23,25-26,29-30H,2,7-8,12-18H2,1,3-6H3/b21-9+,22-10-/t19-,23-,25+,26+,28-/m1/s1. The van der Waals surface area contributed by atoms with Gasteiger partial charge in [-0.15, -0.1) is 0 Å². The number of hydrogen-bond acceptors (Lipinski definition) is 3. The summed E-state index contributed by atoms with van der Waals surface area (Å²) in [6.07, 6.45) is 12.7. The zero-order valence-corrected chi connectivity index (χ0v) is 20.4. The fraction of sp³-hybridized carbons (Fsp3) is 0.714. The number of aliphatic hydroxyl groups excluding tert-OH is 2. The van der Waals surface area contributed by atoms with Crippen LogP contribution in [0.4, 0.5) is 0 Å². The van der Waals surface area contributed by atoms with Gasteiger partial charge in [0.2, 0.25) is 0 Å². The molecule has 3 heteroatoms. The molecule has 2 saturated carbocycles. The number of rotatable bonds is 6. The molecule has 31 heavy (non-hydrogen) atoms. The van der Waals surface area contributed by atoms with Crippen molar-refractivity contribution in [3.8, 4) is 0 Å². The van der Waals surface area contributed by atoms with Crippen LogP contribution in [-0.2, 0) is 4.74 Å². The minimum Gasteiger partial charge on any atom is -0.393 e. The number of fused-ring (bicyclic) bond motifs is 1. The van der Waals surface area contributed by atoms with Crippen LogP contribution in [0, 0.1) is 22.7 Å². The van der Waals surface area contributed by atoms with E-state index in [0.29, 0.717) is 24.7 Å². The van der Waals surface area contributed by atoms with Gasteiger partial charge < -0.3 is 14.9 Å². The molecule has 174 valence electrons. The lowest BCUT2D eigenvalue weighted by Gasteiger charge is -2.42. The van der Waals surface area contributed by atoms with E-state index in [0.717, 1.165) is 43.6 Å². The van der Waals surface area contributed by atoms with E-state index < -0.39 is 12.2 Å². The largest absolute Gasteiger partial charge is 0.393 e. The smallest absolute Gasteiger partial charge is 0.0811 e. The van der Waals surface area contributed by atoms with Gasteiger partial charge in [-0.25, -0.2) is 0 Å². The summed E-state index contributed by atoms with van der Waals surface area (Å²) in [6, 6.07) is 0. The highest BCUT2D eigenvalue weighted by atomic mass is 16.5. The first kappa shape index (κ1) is 24.5. The van der Waals surface area contributed by atoms with E-state index in [1.54, 1.807) is 5.57 Å². The molecule has 0 saturated heterocycles. The summed E-state index contributed by atoms with van der Waals surface area (Å²) in [5.41, 5.74) is 5.39. The molecule has 0 aromatic rings. The highest BCUT2D eigenvalue weighted by molar-refractivity contribution is 5.40. The summed E-state index contributed by atoms with van der Waals surface area (Å²) in [5.74, 6) is 1.12. The van der Waals surface area contributed by atoms with Gasteiger partial charge in [-0.1, -0.05) is 70.6 Å². The van der Waals surface area contributed by atoms with Gasteiger partial charge in [0.05, 0.1) is 18.8 Å². The molecule has 2 N–H and O–H groups in total. The maximum absolute atomic E-state index is 10.1. The first-order valence-electron chi connectivity index (χ1n) is 12.2. The molecule has 3 rings (SSSR count). The Labute approximate surface area is 190 Å². The van der Waals surface area contributed by atoms with Crippen LogP contribution < -0.4 is 0 Å². The second-order valence-corrected chi connectivity index (χ2v) is 11.6. The third-order valence-corrected chi connectivity index (χ3v) is 7.64. The van der Waals surface area contributed by atoms with Crippen LogP contribution in [0.5, 0.6) is 0 Å². The van der Waals surface area contributed by atoms with Crippen molar-refractivity contribution in [3.05, 3.63) is 47.1 Å². The van der Waals surface area contributed by atoms with E-state index in [9.17, 15) is 10.2 Å². The highest BCUT2D eigenvalue weighted by Crippen LogP contribution is 2.56. The summed E-state index contributed by atoms with van der Waals surface area (Å²) >= 11 is 0. The number of aliphatic hydroxyl groups is 2. The molecule has 2 fully saturated rings. The molecule has 0 unspecified atom stereocenters. The lowest BCUT2D eigenvalue weighted by molar-refractivity contribution is 0.0636. The van der Waals surface area contributed by atoms with Crippen molar-refractivity contribution in [2.45, 2.75) is 91.8 Å². The lowest BCUT2D eigenvalue weighted by atomic mass is 9.62. The van der Waals surface area contributed by atoms with E-state index in [4.69, 9.17) is 4.74 Å². The average Bonchev–Trinajstić information content (AvgIpc) is 3.03. The molecule has 3 nitrogen and oxygen atoms in total. The van der Waals surface area contributed by atoms with Crippen LogP contribution in [-0.4, -0.2) is 35.6 Å². The monoisotopic (exact) mass is 428 g/mol. The molecule has 0 aromatic carbocycles. The Kier molecular flexibility index (Phi) is 7.71. The Hall–Kier alpha value is -1.16. The fourth-order valence-electron chi connectivity index (χ4n) is 5.87. The number of hydrogen-bond donors (Lipinski definition) is 2. The SMILES string of the molecule is C=C1/C(=C\C=C2/CCC[C@]3(C)C([C@H](C)CCOCC(C)(C)C)=CC[C@@H]23)C[C@@H](O)C[C@@H]1O. The van der Waals surface area contributed by atoms with Crippen molar-refractivity contribution < 1.29 is 14.9 Å². The Balaban J connectivity index is 1.66. The third-order valence-electron chi connectivity index (χ3n) is 7.64. The van der Waals surface area contributed by atoms with Crippen LogP contribution in [0.2, 0.25) is 0 Å². The van der Waals surface area contributed by atoms with Crippen molar-refractivity contribution in [2.24, 2.45) is 22.7 Å². The first-order chi connectivity index (χ1) is 14.5. The molecule has 0 radical (unpaired) electrons. The minimum atomic E-state index is -0.619. The molecule has 0 aromatic heterocycles. The second kappa shape index (κ2) is 9.77. The molecule has 3 aliphatic rings. The zero-order valence-electron chi connectivity index (χ0n) is 20.4. The van der Waals surface area contributed by atoms with Crippen molar-refractivity contribution in [2.75, 3.05) is 13.2 Å². The fourth-order valence-corrected chi connectivity index (χ4v) is 5.87. The van der Waals surface area contributed by atoms with Crippen LogP contribution in [0.1, 0.15) is 79.6 Å². The van der Waals surface area contributed by atoms with Crippen molar-refractivity contribution in [3.63, 3.8) is 0 Å². The normalized spacial score (nSPS) is 35.4. The maximum Gasteiger partial charge on any atom is 0.0811 e. The summed E-state index contributed by atoms with van der Waals surface area (Å²) in [7, 11) is 0. The van der Waals surface area contributed by atoms with Gasteiger partial charge in [0.25, 0.3) is 0 Å². The second-order valence-electron chi connectivity index (χ2n) is 11.6. The average molecular weight is 429 g/mol. The van der Waals surface area contributed by atoms with E-state index >= 15 is 0 Å². The molecule has 0 aliphatic heterocycles. The summed E-state index contributed by atoms with van der Waals surface area (Å²) in [5, 5.41) is 20.2. The molecular formula is C28H44O3. The molecule has 0 amide bonds. The predicted octanol–water partition coefficient (Wildman–Crippen LogP) is 6.14. The molecule has 0 bridgehead atoms. The van der Waals surface area contributed by atoms with Gasteiger partial charge in [-0.05, 0) is 72.3 Å². The van der Waals surface area contributed by atoms with Crippen LogP contribution >= 0.6 is 0 Å². The maximum atomic E-state index is 10.1. The summed E-state index contributed by atoms with van der Waals surface area (Å²) < 4.78 is 5.96. The van der Waals surface area contributed by atoms with Crippen molar-refractivity contribution >= 4 is 0 Å². The quantitative estimate of drug-likeness (QED) is 0.395. The van der Waals surface area contributed by atoms with Crippen molar-refractivity contribution in [1.29, 1.82) is 0 Å². The first-order valence-corrected chi connectivity index (χ1v) is 12.2. The van der Waals surface area contributed by atoms with Crippen LogP contribution in [0.25, 0.3) is 0 Å². The molecule has 0 heterocycles. The Bertz CT molecular complexity index is 751. The van der Waals surface area contributed by atoms with E-state index in [2.05, 4.69) is 59.4 Å². The van der Waals surface area contributed by atoms with Crippen LogP contribution in [0.15, 0.2) is 47.1 Å². The van der Waals surface area contributed by atoms with Gasteiger partial charge in [0.1, 0.15) is 0 Å². The van der Waals surface area contributed by atoms with Gasteiger partial charge in [0, 0.05) is 13.0 Å². The predicted molar refractivity (Wildman–Crippen MR) is 129 cm³/mol. The summed E-state index contributed by atoms with van der Waals surface area (Å²) in [6.45, 7) is 17.2. The van der Waals surface area contributed by atoms with Crippen molar-refractivity contribution in [1.82, 2.24) is 0 Å². The molecule has 5 atom stereocenters. The molecular weight excluding hydrogens is 384 g/mol. The lowest BCUT2D eigenvalue weighted by Crippen LogP contribution is -2.32. The Morgan fingerprint density at radius 3 is 2.74 bits per heavy atom. The van der Waals surface area contributed by atoms with E-state index in [1.807, 2.05) is 0 Å². The number of ether oxygens (including phenoxy) is 1. The van der Waals surface area contributed by atoms with E-state index in [-0.39, 0.29) is 10.8 Å². The topological polar surface area (TPSA) is 49.7 Å². The Morgan fingerprint density at radius 2 is 2.03 bits per heavy atom. The molecule has 0 spiro atoms. The minimum absolute atomic E-state index is 0.222. The van der Waals surface area contributed by atoms with E-state index in [1.165, 1.54) is 18.4 Å².